The summed E-state index contributed by atoms with van der Waals surface area (Å²) in [5.41, 5.74) is 0.781. The third-order valence-electron chi connectivity index (χ3n) is 2.56. The van der Waals surface area contributed by atoms with Gasteiger partial charge in [0, 0.05) is 12.1 Å². The Hall–Kier alpha value is -1.85. The van der Waals surface area contributed by atoms with Gasteiger partial charge in [-0.2, -0.15) is 5.10 Å². The molecule has 0 saturated heterocycles. The Morgan fingerprint density at radius 1 is 1.50 bits per heavy atom. The maximum Gasteiger partial charge on any atom is 0.307 e. The molecular formula is C10H15N3O3. The molecule has 88 valence electrons. The summed E-state index contributed by atoms with van der Waals surface area (Å²) >= 11 is 0. The van der Waals surface area contributed by atoms with Crippen LogP contribution in [0.5, 0.6) is 0 Å². The SMILES string of the molecule is CC(C(=O)O)C(C)C(=O)NCc1ccn[nH]1. The number of rotatable bonds is 5. The quantitative estimate of drug-likeness (QED) is 0.675. The van der Waals surface area contributed by atoms with Crippen LogP contribution in [0.15, 0.2) is 12.3 Å². The van der Waals surface area contributed by atoms with Crippen molar-refractivity contribution >= 4 is 11.9 Å². The van der Waals surface area contributed by atoms with E-state index in [9.17, 15) is 9.59 Å². The highest BCUT2D eigenvalue weighted by molar-refractivity contribution is 5.84. The summed E-state index contributed by atoms with van der Waals surface area (Å²) in [6.45, 7) is 3.44. The molecule has 0 fully saturated rings. The lowest BCUT2D eigenvalue weighted by Gasteiger charge is -2.15. The van der Waals surface area contributed by atoms with E-state index in [1.165, 1.54) is 6.92 Å². The molecule has 2 atom stereocenters. The van der Waals surface area contributed by atoms with Crippen LogP contribution in [0.2, 0.25) is 0 Å². The molecule has 0 aromatic carbocycles. The van der Waals surface area contributed by atoms with E-state index in [1.807, 2.05) is 0 Å². The molecule has 1 heterocycles. The van der Waals surface area contributed by atoms with Crippen LogP contribution in [0.4, 0.5) is 0 Å². The fourth-order valence-electron chi connectivity index (χ4n) is 1.17. The molecule has 2 unspecified atom stereocenters. The van der Waals surface area contributed by atoms with Crippen molar-refractivity contribution in [2.45, 2.75) is 20.4 Å². The second-order valence-electron chi connectivity index (χ2n) is 3.72. The van der Waals surface area contributed by atoms with E-state index in [2.05, 4.69) is 15.5 Å². The molecule has 16 heavy (non-hydrogen) atoms. The number of hydrogen-bond donors (Lipinski definition) is 3. The minimum absolute atomic E-state index is 0.274. The van der Waals surface area contributed by atoms with Crippen LogP contribution >= 0.6 is 0 Å². The predicted molar refractivity (Wildman–Crippen MR) is 56.4 cm³/mol. The smallest absolute Gasteiger partial charge is 0.307 e. The van der Waals surface area contributed by atoms with Crippen molar-refractivity contribution in [3.63, 3.8) is 0 Å². The molecule has 1 aromatic rings. The first-order valence-corrected chi connectivity index (χ1v) is 5.01. The fraction of sp³-hybridized carbons (Fsp3) is 0.500. The van der Waals surface area contributed by atoms with Gasteiger partial charge < -0.3 is 10.4 Å². The van der Waals surface area contributed by atoms with Crippen LogP contribution in [0.3, 0.4) is 0 Å². The number of amides is 1. The molecule has 1 amide bonds. The standard InChI is InChI=1S/C10H15N3O3/c1-6(7(2)10(15)16)9(14)11-5-8-3-4-12-13-8/h3-4,6-7H,5H2,1-2H3,(H,11,14)(H,12,13)(H,15,16). The number of nitrogens with zero attached hydrogens (tertiary/aromatic N) is 1. The van der Waals surface area contributed by atoms with Crippen molar-refractivity contribution in [3.05, 3.63) is 18.0 Å². The number of aromatic nitrogens is 2. The first-order valence-electron chi connectivity index (χ1n) is 5.01. The van der Waals surface area contributed by atoms with Crippen molar-refractivity contribution in [1.82, 2.24) is 15.5 Å². The van der Waals surface area contributed by atoms with E-state index >= 15 is 0 Å². The number of aromatic amines is 1. The van der Waals surface area contributed by atoms with Gasteiger partial charge in [0.15, 0.2) is 0 Å². The molecular weight excluding hydrogens is 210 g/mol. The monoisotopic (exact) mass is 225 g/mol. The van der Waals surface area contributed by atoms with Gasteiger partial charge in [0.25, 0.3) is 0 Å². The minimum atomic E-state index is -0.968. The van der Waals surface area contributed by atoms with E-state index in [4.69, 9.17) is 5.11 Å². The topological polar surface area (TPSA) is 95.1 Å². The summed E-state index contributed by atoms with van der Waals surface area (Å²) in [5, 5.41) is 17.8. The zero-order valence-corrected chi connectivity index (χ0v) is 9.23. The summed E-state index contributed by atoms with van der Waals surface area (Å²) in [7, 11) is 0. The summed E-state index contributed by atoms with van der Waals surface area (Å²) < 4.78 is 0. The van der Waals surface area contributed by atoms with E-state index in [1.54, 1.807) is 19.2 Å². The highest BCUT2D eigenvalue weighted by Crippen LogP contribution is 2.11. The van der Waals surface area contributed by atoms with Gasteiger partial charge in [-0.15, -0.1) is 0 Å². The van der Waals surface area contributed by atoms with Gasteiger partial charge in [-0.3, -0.25) is 14.7 Å². The second-order valence-corrected chi connectivity index (χ2v) is 3.72. The van der Waals surface area contributed by atoms with Crippen molar-refractivity contribution < 1.29 is 14.7 Å². The highest BCUT2D eigenvalue weighted by atomic mass is 16.4. The van der Waals surface area contributed by atoms with E-state index in [-0.39, 0.29) is 5.91 Å². The van der Waals surface area contributed by atoms with Crippen LogP contribution in [0.25, 0.3) is 0 Å². The van der Waals surface area contributed by atoms with Gasteiger partial charge in [0.1, 0.15) is 0 Å². The normalized spacial score (nSPS) is 14.1. The second kappa shape index (κ2) is 5.29. The number of carboxylic acid groups (broad SMARTS) is 1. The van der Waals surface area contributed by atoms with E-state index in [0.717, 1.165) is 5.69 Å². The lowest BCUT2D eigenvalue weighted by molar-refractivity contribution is -0.146. The largest absolute Gasteiger partial charge is 0.481 e. The van der Waals surface area contributed by atoms with Crippen molar-refractivity contribution in [1.29, 1.82) is 0 Å². The van der Waals surface area contributed by atoms with E-state index < -0.39 is 17.8 Å². The molecule has 6 nitrogen and oxygen atoms in total. The van der Waals surface area contributed by atoms with Crippen molar-refractivity contribution in [2.75, 3.05) is 0 Å². The van der Waals surface area contributed by atoms with Crippen LogP contribution < -0.4 is 5.32 Å². The molecule has 0 saturated carbocycles. The van der Waals surface area contributed by atoms with Crippen LogP contribution in [-0.2, 0) is 16.1 Å². The number of hydrogen-bond acceptors (Lipinski definition) is 3. The Morgan fingerprint density at radius 2 is 2.19 bits per heavy atom. The Balaban J connectivity index is 2.43. The van der Waals surface area contributed by atoms with Gasteiger partial charge in [-0.1, -0.05) is 13.8 Å². The molecule has 0 aliphatic heterocycles. The van der Waals surface area contributed by atoms with Crippen LogP contribution in [0, 0.1) is 11.8 Å². The predicted octanol–water partition coefficient (Wildman–Crippen LogP) is 0.383. The molecule has 0 bridgehead atoms. The minimum Gasteiger partial charge on any atom is -0.481 e. The Labute approximate surface area is 93.1 Å². The highest BCUT2D eigenvalue weighted by Gasteiger charge is 2.25. The average Bonchev–Trinajstić information content (AvgIpc) is 2.76. The lowest BCUT2D eigenvalue weighted by atomic mass is 9.95. The molecule has 6 heteroatoms. The summed E-state index contributed by atoms with van der Waals surface area (Å²) in [6.07, 6.45) is 1.59. The van der Waals surface area contributed by atoms with Gasteiger partial charge in [0.2, 0.25) is 5.91 Å². The molecule has 0 aliphatic carbocycles. The van der Waals surface area contributed by atoms with Crippen LogP contribution in [-0.4, -0.2) is 27.2 Å². The van der Waals surface area contributed by atoms with Gasteiger partial charge in [-0.25, -0.2) is 0 Å². The first-order chi connectivity index (χ1) is 7.52. The number of nitrogens with one attached hydrogen (secondary N) is 2. The first kappa shape index (κ1) is 12.2. The Morgan fingerprint density at radius 3 is 2.69 bits per heavy atom. The Bertz CT molecular complexity index is 361. The van der Waals surface area contributed by atoms with Crippen molar-refractivity contribution in [2.24, 2.45) is 11.8 Å². The number of carboxylic acids is 1. The third kappa shape index (κ3) is 3.08. The number of carbonyl (C=O) groups is 2. The number of H-pyrrole nitrogens is 1. The molecule has 0 spiro atoms. The maximum absolute atomic E-state index is 11.6. The molecule has 0 radical (unpaired) electrons. The number of carbonyl (C=O) groups excluding carboxylic acids is 1. The lowest BCUT2D eigenvalue weighted by Crippen LogP contribution is -2.34. The summed E-state index contributed by atoms with van der Waals surface area (Å²) in [6, 6.07) is 1.74. The zero-order valence-electron chi connectivity index (χ0n) is 9.23. The van der Waals surface area contributed by atoms with Gasteiger partial charge in [0.05, 0.1) is 18.2 Å². The molecule has 1 rings (SSSR count). The average molecular weight is 225 g/mol. The van der Waals surface area contributed by atoms with E-state index in [0.29, 0.717) is 6.54 Å². The Kier molecular flexibility index (Phi) is 4.04. The fourth-order valence-corrected chi connectivity index (χ4v) is 1.17. The van der Waals surface area contributed by atoms with Gasteiger partial charge >= 0.3 is 5.97 Å². The third-order valence-corrected chi connectivity index (χ3v) is 2.56. The molecule has 3 N–H and O–H groups in total. The number of aliphatic carboxylic acids is 1. The molecule has 1 aromatic heterocycles. The zero-order chi connectivity index (χ0) is 12.1. The van der Waals surface area contributed by atoms with Crippen LogP contribution in [0.1, 0.15) is 19.5 Å². The van der Waals surface area contributed by atoms with Crippen molar-refractivity contribution in [3.8, 4) is 0 Å². The molecule has 0 aliphatic rings. The summed E-state index contributed by atoms with van der Waals surface area (Å²) in [4.78, 5) is 22.3. The maximum atomic E-state index is 11.6. The van der Waals surface area contributed by atoms with Gasteiger partial charge in [-0.05, 0) is 6.07 Å². The summed E-state index contributed by atoms with van der Waals surface area (Å²) in [5.74, 6) is -2.49.